The minimum absolute atomic E-state index is 0.0855. The van der Waals surface area contributed by atoms with Gasteiger partial charge in [0, 0.05) is 23.8 Å². The summed E-state index contributed by atoms with van der Waals surface area (Å²) < 4.78 is 0. The molecule has 2 aromatic heterocycles. The van der Waals surface area contributed by atoms with Crippen LogP contribution < -0.4 is 5.32 Å². The number of rotatable bonds is 6. The van der Waals surface area contributed by atoms with E-state index in [0.717, 1.165) is 27.4 Å². The average molecular weight is 467 g/mol. The zero-order chi connectivity index (χ0) is 23.8. The van der Waals surface area contributed by atoms with Crippen molar-refractivity contribution in [2.75, 3.05) is 5.32 Å². The molecule has 1 fully saturated rings. The van der Waals surface area contributed by atoms with E-state index in [9.17, 15) is 15.0 Å². The molecule has 1 saturated carbocycles. The van der Waals surface area contributed by atoms with Crippen LogP contribution in [0, 0.1) is 31.6 Å². The molecule has 0 amide bonds. The predicted molar refractivity (Wildman–Crippen MR) is 130 cm³/mol. The van der Waals surface area contributed by atoms with Crippen molar-refractivity contribution in [2.24, 2.45) is 17.8 Å². The highest BCUT2D eigenvalue weighted by atomic mass is 32.1. The highest BCUT2D eigenvalue weighted by Gasteiger charge is 2.45. The van der Waals surface area contributed by atoms with Gasteiger partial charge in [0.15, 0.2) is 0 Å². The number of aromatic nitrogens is 3. The van der Waals surface area contributed by atoms with Gasteiger partial charge in [-0.2, -0.15) is 0 Å². The molecule has 0 aliphatic heterocycles. The molecule has 0 spiro atoms. The molecule has 1 aliphatic carbocycles. The lowest BCUT2D eigenvalue weighted by Crippen LogP contribution is -2.41. The highest BCUT2D eigenvalue weighted by Crippen LogP contribution is 2.47. The van der Waals surface area contributed by atoms with E-state index in [-0.39, 0.29) is 11.8 Å². The van der Waals surface area contributed by atoms with Crippen LogP contribution in [0.2, 0.25) is 0 Å². The number of aryl methyl sites for hydroxylation is 2. The van der Waals surface area contributed by atoms with Crippen LogP contribution in [0.25, 0.3) is 10.4 Å². The van der Waals surface area contributed by atoms with Gasteiger partial charge in [-0.05, 0) is 74.3 Å². The van der Waals surface area contributed by atoms with Gasteiger partial charge in [-0.25, -0.2) is 15.0 Å². The van der Waals surface area contributed by atoms with Crippen molar-refractivity contribution in [1.29, 1.82) is 0 Å². The van der Waals surface area contributed by atoms with Crippen molar-refractivity contribution < 1.29 is 15.0 Å². The molecular weight excluding hydrogens is 436 g/mol. The maximum absolute atomic E-state index is 11.7. The molecule has 1 aromatic carbocycles. The molecule has 3 N–H and O–H groups in total. The second-order valence-electron chi connectivity index (χ2n) is 9.39. The van der Waals surface area contributed by atoms with Crippen LogP contribution in [0.1, 0.15) is 49.4 Å². The quantitative estimate of drug-likeness (QED) is 0.452. The number of nitrogens with zero attached hydrogens (tertiary/aromatic N) is 3. The topological polar surface area (TPSA) is 108 Å². The number of benzene rings is 1. The average Bonchev–Trinajstić information content (AvgIpc) is 3.24. The minimum Gasteiger partial charge on any atom is -0.481 e. The Morgan fingerprint density at radius 3 is 2.73 bits per heavy atom. The fourth-order valence-electron chi connectivity index (χ4n) is 4.70. The van der Waals surface area contributed by atoms with Crippen molar-refractivity contribution in [2.45, 2.75) is 52.6 Å². The maximum atomic E-state index is 11.7. The third-order valence-electron chi connectivity index (χ3n) is 6.45. The molecule has 4 rings (SSSR count). The number of carboxylic acids is 1. The van der Waals surface area contributed by atoms with Gasteiger partial charge in [-0.3, -0.25) is 4.79 Å². The SMILES string of the molecule is Cc1cc(Nc2nccc(C)n2)cc(-c2cnc(C3(O)CCC(C(=O)O)C(C(C)C)C3)s2)c1. The van der Waals surface area contributed by atoms with Crippen molar-refractivity contribution in [3.05, 3.63) is 52.9 Å². The normalized spacial score (nSPS) is 23.0. The van der Waals surface area contributed by atoms with Crippen molar-refractivity contribution in [3.8, 4) is 10.4 Å². The first-order valence-corrected chi connectivity index (χ1v) is 12.1. The number of thiazole rings is 1. The Morgan fingerprint density at radius 1 is 1.24 bits per heavy atom. The van der Waals surface area contributed by atoms with Crippen LogP contribution in [-0.2, 0) is 10.4 Å². The van der Waals surface area contributed by atoms with E-state index in [4.69, 9.17) is 0 Å². The molecular formula is C25H30N4O3S. The number of hydrogen-bond acceptors (Lipinski definition) is 7. The van der Waals surface area contributed by atoms with E-state index in [1.54, 1.807) is 12.4 Å². The third kappa shape index (κ3) is 5.07. The number of aliphatic hydroxyl groups is 1. The lowest BCUT2D eigenvalue weighted by Gasteiger charge is -2.40. The van der Waals surface area contributed by atoms with Crippen molar-refractivity contribution >= 4 is 28.9 Å². The summed E-state index contributed by atoms with van der Waals surface area (Å²) in [6, 6.07) is 8.00. The summed E-state index contributed by atoms with van der Waals surface area (Å²) in [6.07, 6.45) is 4.80. The minimum atomic E-state index is -1.09. The van der Waals surface area contributed by atoms with E-state index >= 15 is 0 Å². The number of carbonyl (C=O) groups is 1. The molecule has 0 saturated heterocycles. The van der Waals surface area contributed by atoms with Gasteiger partial charge in [0.2, 0.25) is 5.95 Å². The number of nitrogens with one attached hydrogen (secondary N) is 1. The number of anilines is 2. The molecule has 0 radical (unpaired) electrons. The van der Waals surface area contributed by atoms with Gasteiger partial charge in [-0.15, -0.1) is 11.3 Å². The molecule has 1 aliphatic rings. The second-order valence-corrected chi connectivity index (χ2v) is 10.4. The van der Waals surface area contributed by atoms with E-state index in [1.165, 1.54) is 11.3 Å². The maximum Gasteiger partial charge on any atom is 0.306 e. The van der Waals surface area contributed by atoms with Gasteiger partial charge >= 0.3 is 5.97 Å². The zero-order valence-corrected chi connectivity index (χ0v) is 20.2. The van der Waals surface area contributed by atoms with Crippen LogP contribution in [0.3, 0.4) is 0 Å². The zero-order valence-electron chi connectivity index (χ0n) is 19.4. The second kappa shape index (κ2) is 9.19. The Bertz CT molecular complexity index is 1160. The van der Waals surface area contributed by atoms with Crippen LogP contribution in [-0.4, -0.2) is 31.1 Å². The van der Waals surface area contributed by atoms with E-state index < -0.39 is 17.5 Å². The van der Waals surface area contributed by atoms with Gasteiger partial charge in [0.25, 0.3) is 0 Å². The van der Waals surface area contributed by atoms with Crippen molar-refractivity contribution in [3.63, 3.8) is 0 Å². The summed E-state index contributed by atoms with van der Waals surface area (Å²) >= 11 is 1.47. The highest BCUT2D eigenvalue weighted by molar-refractivity contribution is 7.15. The summed E-state index contributed by atoms with van der Waals surface area (Å²) in [5.41, 5.74) is 2.75. The molecule has 174 valence electrons. The van der Waals surface area contributed by atoms with Crippen molar-refractivity contribution in [1.82, 2.24) is 15.0 Å². The van der Waals surface area contributed by atoms with E-state index in [2.05, 4.69) is 26.3 Å². The largest absolute Gasteiger partial charge is 0.481 e. The smallest absolute Gasteiger partial charge is 0.306 e. The molecule has 33 heavy (non-hydrogen) atoms. The first kappa shape index (κ1) is 23.3. The summed E-state index contributed by atoms with van der Waals surface area (Å²) in [4.78, 5) is 25.9. The molecule has 2 heterocycles. The van der Waals surface area contributed by atoms with Gasteiger partial charge in [0.1, 0.15) is 10.6 Å². The van der Waals surface area contributed by atoms with Gasteiger partial charge < -0.3 is 15.5 Å². The van der Waals surface area contributed by atoms with Crippen LogP contribution in [0.5, 0.6) is 0 Å². The monoisotopic (exact) mass is 466 g/mol. The Hall–Kier alpha value is -2.84. The van der Waals surface area contributed by atoms with Gasteiger partial charge in [0.05, 0.1) is 10.8 Å². The molecule has 3 aromatic rings. The predicted octanol–water partition coefficient (Wildman–Crippen LogP) is 5.31. The Balaban J connectivity index is 1.59. The summed E-state index contributed by atoms with van der Waals surface area (Å²) in [5.74, 6) is -0.558. The molecule has 7 nitrogen and oxygen atoms in total. The van der Waals surface area contributed by atoms with E-state index in [1.807, 2.05) is 45.9 Å². The van der Waals surface area contributed by atoms with E-state index in [0.29, 0.717) is 30.2 Å². The fourth-order valence-corrected chi connectivity index (χ4v) is 5.73. The standard InChI is InChI=1S/C25H30N4O3S/c1-14(2)20-12-25(32,7-5-19(20)22(30)31)23-27-13-21(33-23)17-9-15(3)10-18(11-17)29-24-26-8-6-16(4)28-24/h6,8-11,13-14,19-20,32H,5,7,12H2,1-4H3,(H,30,31)(H,26,28,29). The van der Waals surface area contributed by atoms with Gasteiger partial charge in [-0.1, -0.05) is 19.9 Å². The molecule has 3 atom stereocenters. The third-order valence-corrected chi connectivity index (χ3v) is 7.69. The van der Waals surface area contributed by atoms with Crippen LogP contribution in [0.4, 0.5) is 11.6 Å². The molecule has 3 unspecified atom stereocenters. The first-order valence-electron chi connectivity index (χ1n) is 11.2. The Morgan fingerprint density at radius 2 is 2.03 bits per heavy atom. The lowest BCUT2D eigenvalue weighted by molar-refractivity contribution is -0.150. The number of hydrogen-bond donors (Lipinski definition) is 3. The summed E-state index contributed by atoms with van der Waals surface area (Å²) in [5, 5.41) is 25.0. The first-order chi connectivity index (χ1) is 15.6. The Kier molecular flexibility index (Phi) is 6.50. The fraction of sp³-hybridized carbons (Fsp3) is 0.440. The van der Waals surface area contributed by atoms with Crippen LogP contribution >= 0.6 is 11.3 Å². The Labute approximate surface area is 198 Å². The molecule has 0 bridgehead atoms. The summed E-state index contributed by atoms with van der Waals surface area (Å²) in [7, 11) is 0. The molecule has 8 heteroatoms. The van der Waals surface area contributed by atoms with Crippen LogP contribution in [0.15, 0.2) is 36.7 Å². The number of carboxylic acid groups (broad SMARTS) is 1. The number of aliphatic carboxylic acids is 1. The summed E-state index contributed by atoms with van der Waals surface area (Å²) in [6.45, 7) is 8.01. The lowest BCUT2D eigenvalue weighted by atomic mass is 9.67.